The fourth-order valence-corrected chi connectivity index (χ4v) is 2.78. The summed E-state index contributed by atoms with van der Waals surface area (Å²) < 4.78 is 21.9. The molecule has 0 aromatic carbocycles. The lowest BCUT2D eigenvalue weighted by Gasteiger charge is -2.30. The normalized spacial score (nSPS) is 22.1. The number of nitrogens with zero attached hydrogens (tertiary/aromatic N) is 1. The number of hydrogen-bond acceptors (Lipinski definition) is 1. The van der Waals surface area contributed by atoms with E-state index in [4.69, 9.17) is 4.55 Å². The molecule has 0 radical (unpaired) electrons. The molecule has 3 nitrogen and oxygen atoms in total. The Morgan fingerprint density at radius 1 is 1.38 bits per heavy atom. The van der Waals surface area contributed by atoms with E-state index in [9.17, 15) is 4.21 Å². The molecule has 0 aromatic heterocycles. The molecule has 1 saturated carbocycles. The van der Waals surface area contributed by atoms with E-state index < -0.39 is 11.3 Å². The summed E-state index contributed by atoms with van der Waals surface area (Å²) in [5.41, 5.74) is 0. The zero-order valence-corrected chi connectivity index (χ0v) is 9.05. The second-order valence-corrected chi connectivity index (χ2v) is 4.59. The Balaban J connectivity index is 2.46. The number of rotatable bonds is 4. The van der Waals surface area contributed by atoms with E-state index in [1.54, 1.807) is 4.31 Å². The van der Waals surface area contributed by atoms with Gasteiger partial charge in [-0.05, 0) is 19.3 Å². The minimum absolute atomic E-state index is 0.347. The Hall–Kier alpha value is 0.0700. The first-order valence-electron chi connectivity index (χ1n) is 5.13. The Morgan fingerprint density at radius 3 is 2.46 bits per heavy atom. The lowest BCUT2D eigenvalue weighted by molar-refractivity contribution is 0.249. The van der Waals surface area contributed by atoms with E-state index in [0.29, 0.717) is 6.04 Å². The molecule has 4 heteroatoms. The van der Waals surface area contributed by atoms with Gasteiger partial charge in [-0.1, -0.05) is 26.2 Å². The molecule has 0 spiro atoms. The zero-order valence-electron chi connectivity index (χ0n) is 8.24. The van der Waals surface area contributed by atoms with E-state index in [0.717, 1.165) is 25.8 Å². The van der Waals surface area contributed by atoms with Gasteiger partial charge in [0.05, 0.1) is 0 Å². The van der Waals surface area contributed by atoms with Gasteiger partial charge in [0.1, 0.15) is 0 Å². The third-order valence-electron chi connectivity index (χ3n) is 2.63. The van der Waals surface area contributed by atoms with Crippen molar-refractivity contribution in [2.24, 2.45) is 0 Å². The van der Waals surface area contributed by atoms with E-state index in [1.165, 1.54) is 19.3 Å². The maximum absolute atomic E-state index is 11.0. The monoisotopic (exact) mass is 205 g/mol. The predicted molar refractivity (Wildman–Crippen MR) is 54.6 cm³/mol. The van der Waals surface area contributed by atoms with Crippen LogP contribution in [0, 0.1) is 0 Å². The summed E-state index contributed by atoms with van der Waals surface area (Å²) in [7, 11) is 0. The summed E-state index contributed by atoms with van der Waals surface area (Å²) in [4.78, 5) is 0. The molecule has 0 aliphatic heterocycles. The second kappa shape index (κ2) is 5.73. The lowest BCUT2D eigenvalue weighted by Crippen LogP contribution is -2.38. The fourth-order valence-electron chi connectivity index (χ4n) is 1.98. The second-order valence-electron chi connectivity index (χ2n) is 3.66. The molecule has 0 saturated heterocycles. The van der Waals surface area contributed by atoms with Crippen molar-refractivity contribution in [1.29, 1.82) is 0 Å². The van der Waals surface area contributed by atoms with Gasteiger partial charge in [-0.2, -0.15) is 4.31 Å². The molecule has 0 bridgehead atoms. The molecule has 78 valence electrons. The van der Waals surface area contributed by atoms with E-state index in [2.05, 4.69) is 0 Å². The maximum Gasteiger partial charge on any atom is 0.234 e. The summed E-state index contributed by atoms with van der Waals surface area (Å²) >= 11 is -1.77. The van der Waals surface area contributed by atoms with E-state index >= 15 is 0 Å². The smallest absolute Gasteiger partial charge is 0.234 e. The minimum atomic E-state index is -1.77. The average Bonchev–Trinajstić information content (AvgIpc) is 2.15. The van der Waals surface area contributed by atoms with Crippen molar-refractivity contribution < 1.29 is 8.76 Å². The summed E-state index contributed by atoms with van der Waals surface area (Å²) in [6, 6.07) is 0.347. The average molecular weight is 205 g/mol. The van der Waals surface area contributed by atoms with Crippen LogP contribution in [0.5, 0.6) is 0 Å². The van der Waals surface area contributed by atoms with Crippen LogP contribution in [0.2, 0.25) is 0 Å². The molecule has 1 atom stereocenters. The molecule has 0 aromatic rings. The predicted octanol–water partition coefficient (Wildman–Crippen LogP) is 2.17. The van der Waals surface area contributed by atoms with Gasteiger partial charge in [-0.3, -0.25) is 4.55 Å². The van der Waals surface area contributed by atoms with Crippen molar-refractivity contribution in [2.75, 3.05) is 6.54 Å². The van der Waals surface area contributed by atoms with Gasteiger partial charge in [-0.15, -0.1) is 0 Å². The van der Waals surface area contributed by atoms with Crippen molar-refractivity contribution in [3.8, 4) is 0 Å². The highest BCUT2D eigenvalue weighted by Gasteiger charge is 2.23. The van der Waals surface area contributed by atoms with Crippen molar-refractivity contribution >= 4 is 11.3 Å². The van der Waals surface area contributed by atoms with Crippen LogP contribution in [0.4, 0.5) is 0 Å². The highest BCUT2D eigenvalue weighted by atomic mass is 32.2. The molecular formula is C9H19NO2S. The first-order valence-corrected chi connectivity index (χ1v) is 6.19. The van der Waals surface area contributed by atoms with Crippen LogP contribution in [0.25, 0.3) is 0 Å². The molecule has 1 rings (SSSR count). The van der Waals surface area contributed by atoms with Crippen LogP contribution in [0.3, 0.4) is 0 Å². The molecule has 1 N–H and O–H groups in total. The Bertz CT molecular complexity index is 169. The van der Waals surface area contributed by atoms with Gasteiger partial charge in [0.25, 0.3) is 0 Å². The van der Waals surface area contributed by atoms with Gasteiger partial charge in [0, 0.05) is 12.6 Å². The highest BCUT2D eigenvalue weighted by Crippen LogP contribution is 2.23. The van der Waals surface area contributed by atoms with Crippen LogP contribution >= 0.6 is 0 Å². The standard InChI is InChI=1S/C9H19NO2S/c1-2-8-10(13(11)12)9-6-4-3-5-7-9/h9H,2-8H2,1H3,(H,11,12). The van der Waals surface area contributed by atoms with Crippen molar-refractivity contribution in [2.45, 2.75) is 51.5 Å². The molecule has 1 unspecified atom stereocenters. The van der Waals surface area contributed by atoms with Crippen molar-refractivity contribution in [3.05, 3.63) is 0 Å². The number of hydrogen-bond donors (Lipinski definition) is 1. The molecule has 1 aliphatic rings. The van der Waals surface area contributed by atoms with Gasteiger partial charge >= 0.3 is 0 Å². The Labute approximate surface area is 82.9 Å². The SMILES string of the molecule is CCCN(C1CCCCC1)S(=O)O. The van der Waals surface area contributed by atoms with E-state index in [1.807, 2.05) is 6.92 Å². The first kappa shape index (κ1) is 11.1. The van der Waals surface area contributed by atoms with Crippen molar-refractivity contribution in [1.82, 2.24) is 4.31 Å². The third kappa shape index (κ3) is 3.37. The molecular weight excluding hydrogens is 186 g/mol. The summed E-state index contributed by atoms with van der Waals surface area (Å²) in [6.45, 7) is 2.79. The van der Waals surface area contributed by atoms with Crippen LogP contribution < -0.4 is 0 Å². The van der Waals surface area contributed by atoms with E-state index in [-0.39, 0.29) is 0 Å². The van der Waals surface area contributed by atoms with Crippen molar-refractivity contribution in [3.63, 3.8) is 0 Å². The van der Waals surface area contributed by atoms with Crippen LogP contribution in [-0.4, -0.2) is 25.7 Å². The Morgan fingerprint density at radius 2 is 2.00 bits per heavy atom. The Kier molecular flexibility index (Phi) is 4.91. The molecule has 0 heterocycles. The summed E-state index contributed by atoms with van der Waals surface area (Å²) in [5.74, 6) is 0. The molecule has 0 amide bonds. The largest absolute Gasteiger partial charge is 0.294 e. The van der Waals surface area contributed by atoms with Gasteiger partial charge in [0.15, 0.2) is 0 Å². The fraction of sp³-hybridized carbons (Fsp3) is 1.00. The molecule has 1 aliphatic carbocycles. The first-order chi connectivity index (χ1) is 6.25. The van der Waals surface area contributed by atoms with Gasteiger partial charge in [-0.25, -0.2) is 4.21 Å². The van der Waals surface area contributed by atoms with Crippen LogP contribution in [-0.2, 0) is 11.3 Å². The summed E-state index contributed by atoms with van der Waals surface area (Å²) in [5, 5.41) is 0. The zero-order chi connectivity index (χ0) is 9.68. The lowest BCUT2D eigenvalue weighted by atomic mass is 9.95. The van der Waals surface area contributed by atoms with Crippen LogP contribution in [0.1, 0.15) is 45.4 Å². The van der Waals surface area contributed by atoms with Gasteiger partial charge < -0.3 is 0 Å². The minimum Gasteiger partial charge on any atom is -0.294 e. The molecule has 1 fully saturated rings. The van der Waals surface area contributed by atoms with Gasteiger partial charge in [0.2, 0.25) is 11.3 Å². The summed E-state index contributed by atoms with van der Waals surface area (Å²) in [6.07, 6.45) is 6.83. The molecule has 13 heavy (non-hydrogen) atoms. The topological polar surface area (TPSA) is 40.5 Å². The highest BCUT2D eigenvalue weighted by molar-refractivity contribution is 7.76. The quantitative estimate of drug-likeness (QED) is 0.715. The third-order valence-corrected chi connectivity index (χ3v) is 3.51. The maximum atomic E-state index is 11.0. The van der Waals surface area contributed by atoms with Crippen LogP contribution in [0.15, 0.2) is 0 Å².